The lowest BCUT2D eigenvalue weighted by Gasteiger charge is -2.31. The molecule has 6 heteroatoms. The normalized spacial score (nSPS) is 17.0. The molecule has 0 unspecified atom stereocenters. The second kappa shape index (κ2) is 8.25. The van der Waals surface area contributed by atoms with Crippen molar-refractivity contribution in [2.75, 3.05) is 18.5 Å². The minimum atomic E-state index is -0.957. The van der Waals surface area contributed by atoms with E-state index in [0.717, 1.165) is 16.7 Å². The van der Waals surface area contributed by atoms with Gasteiger partial charge in [0.1, 0.15) is 0 Å². The Bertz CT molecular complexity index is 909. The van der Waals surface area contributed by atoms with E-state index in [1.165, 1.54) is 0 Å². The molecule has 1 aliphatic rings. The quantitative estimate of drug-likeness (QED) is 0.806. The molecule has 2 N–H and O–H groups in total. The van der Waals surface area contributed by atoms with Gasteiger partial charge in [0.25, 0.3) is 0 Å². The van der Waals surface area contributed by atoms with E-state index in [2.05, 4.69) is 5.32 Å². The maximum Gasteiger partial charge on any atom is 0.308 e. The number of hydrogen-bond donors (Lipinski definition) is 2. The molecule has 0 bridgehead atoms. The van der Waals surface area contributed by atoms with Crippen LogP contribution in [0.5, 0.6) is 0 Å². The molecule has 1 heterocycles. The second-order valence-corrected chi connectivity index (χ2v) is 7.24. The van der Waals surface area contributed by atoms with Crippen molar-refractivity contribution in [3.05, 3.63) is 65.2 Å². The average Bonchev–Trinajstić information content (AvgIpc) is 2.67. The van der Waals surface area contributed by atoms with Gasteiger partial charge in [0, 0.05) is 25.7 Å². The van der Waals surface area contributed by atoms with Crippen LogP contribution in [0.4, 0.5) is 5.69 Å². The standard InChI is InChI=1S/C22H24N2O4/c1-14-6-5-7-15(10-14)11-16(22(27)28)13-23-21(26)18-12-20(25)24(2)19-9-4-3-8-17(18)19/h3-10,16,18H,11-13H2,1-2H3,(H,23,26)(H,27,28)/t16-,18+/m0/s1. The molecule has 0 saturated carbocycles. The molecule has 2 amide bonds. The molecular weight excluding hydrogens is 356 g/mol. The molecule has 0 aliphatic carbocycles. The smallest absolute Gasteiger partial charge is 0.308 e. The van der Waals surface area contributed by atoms with Crippen molar-refractivity contribution in [1.29, 1.82) is 0 Å². The minimum absolute atomic E-state index is 0.0187. The number of carboxylic acids is 1. The summed E-state index contributed by atoms with van der Waals surface area (Å²) in [5.41, 5.74) is 3.48. The van der Waals surface area contributed by atoms with Crippen LogP contribution in [0.25, 0.3) is 0 Å². The summed E-state index contributed by atoms with van der Waals surface area (Å²) in [6.07, 6.45) is 0.412. The molecule has 2 aromatic rings. The summed E-state index contributed by atoms with van der Waals surface area (Å²) >= 11 is 0. The number of nitrogens with zero attached hydrogens (tertiary/aromatic N) is 1. The number of anilines is 1. The summed E-state index contributed by atoms with van der Waals surface area (Å²) in [6, 6.07) is 15.0. The van der Waals surface area contributed by atoms with E-state index in [4.69, 9.17) is 0 Å². The van der Waals surface area contributed by atoms with E-state index >= 15 is 0 Å². The molecular formula is C22H24N2O4. The molecule has 0 aromatic heterocycles. The van der Waals surface area contributed by atoms with Crippen LogP contribution in [0.3, 0.4) is 0 Å². The molecule has 2 aromatic carbocycles. The van der Waals surface area contributed by atoms with Gasteiger partial charge in [-0.3, -0.25) is 14.4 Å². The minimum Gasteiger partial charge on any atom is -0.481 e. The van der Waals surface area contributed by atoms with Gasteiger partial charge in [-0.15, -0.1) is 0 Å². The Kier molecular flexibility index (Phi) is 5.78. The Morgan fingerprint density at radius 3 is 2.68 bits per heavy atom. The van der Waals surface area contributed by atoms with Gasteiger partial charge < -0.3 is 15.3 Å². The Labute approximate surface area is 164 Å². The fourth-order valence-electron chi connectivity index (χ4n) is 3.59. The lowest BCUT2D eigenvalue weighted by molar-refractivity contribution is -0.141. The summed E-state index contributed by atoms with van der Waals surface area (Å²) in [5, 5.41) is 12.3. The van der Waals surface area contributed by atoms with Crippen molar-refractivity contribution < 1.29 is 19.5 Å². The number of para-hydroxylation sites is 1. The van der Waals surface area contributed by atoms with E-state index in [9.17, 15) is 19.5 Å². The number of rotatable bonds is 6. The van der Waals surface area contributed by atoms with Gasteiger partial charge in [-0.25, -0.2) is 0 Å². The highest BCUT2D eigenvalue weighted by Crippen LogP contribution is 2.35. The maximum absolute atomic E-state index is 12.8. The van der Waals surface area contributed by atoms with Crippen molar-refractivity contribution in [2.45, 2.75) is 25.7 Å². The number of amides is 2. The van der Waals surface area contributed by atoms with E-state index in [1.54, 1.807) is 11.9 Å². The number of carbonyl (C=O) groups excluding carboxylic acids is 2. The van der Waals surface area contributed by atoms with Crippen LogP contribution in [0.1, 0.15) is 29.0 Å². The predicted octanol–water partition coefficient (Wildman–Crippen LogP) is 2.50. The first-order valence-corrected chi connectivity index (χ1v) is 9.28. The zero-order valence-electron chi connectivity index (χ0n) is 16.0. The van der Waals surface area contributed by atoms with Gasteiger partial charge >= 0.3 is 5.97 Å². The third-order valence-electron chi connectivity index (χ3n) is 5.18. The van der Waals surface area contributed by atoms with Crippen LogP contribution in [-0.2, 0) is 20.8 Å². The summed E-state index contributed by atoms with van der Waals surface area (Å²) in [6.45, 7) is 1.97. The SMILES string of the molecule is Cc1cccc(C[C@@H](CNC(=O)[C@@H]2CC(=O)N(C)c3ccccc32)C(=O)O)c1. The van der Waals surface area contributed by atoms with Gasteiger partial charge in [-0.1, -0.05) is 48.0 Å². The van der Waals surface area contributed by atoms with Crippen molar-refractivity contribution in [3.63, 3.8) is 0 Å². The number of aliphatic carboxylic acids is 1. The van der Waals surface area contributed by atoms with Crippen LogP contribution in [0.2, 0.25) is 0 Å². The average molecular weight is 380 g/mol. The number of aryl methyl sites for hydroxylation is 1. The van der Waals surface area contributed by atoms with Gasteiger partial charge in [-0.2, -0.15) is 0 Å². The number of nitrogens with one attached hydrogen (secondary N) is 1. The lowest BCUT2D eigenvalue weighted by Crippen LogP contribution is -2.41. The Hall–Kier alpha value is -3.15. The van der Waals surface area contributed by atoms with Gasteiger partial charge in [0.15, 0.2) is 0 Å². The molecule has 0 fully saturated rings. The Morgan fingerprint density at radius 1 is 1.21 bits per heavy atom. The van der Waals surface area contributed by atoms with Crippen LogP contribution < -0.4 is 10.2 Å². The highest BCUT2D eigenvalue weighted by Gasteiger charge is 2.34. The van der Waals surface area contributed by atoms with Crippen molar-refractivity contribution >= 4 is 23.5 Å². The topological polar surface area (TPSA) is 86.7 Å². The van der Waals surface area contributed by atoms with E-state index in [1.807, 2.05) is 55.5 Å². The summed E-state index contributed by atoms with van der Waals surface area (Å²) in [7, 11) is 1.69. The van der Waals surface area contributed by atoms with Crippen molar-refractivity contribution in [3.8, 4) is 0 Å². The molecule has 0 saturated heterocycles. The number of benzene rings is 2. The first-order valence-electron chi connectivity index (χ1n) is 9.28. The number of fused-ring (bicyclic) bond motifs is 1. The molecule has 1 aliphatic heterocycles. The summed E-state index contributed by atoms with van der Waals surface area (Å²) in [5.74, 6) is -2.74. The first kappa shape index (κ1) is 19.6. The van der Waals surface area contributed by atoms with E-state index < -0.39 is 17.8 Å². The molecule has 146 valence electrons. The number of carbonyl (C=O) groups is 3. The molecule has 3 rings (SSSR count). The van der Waals surface area contributed by atoms with Crippen LogP contribution in [-0.4, -0.2) is 36.5 Å². The van der Waals surface area contributed by atoms with E-state index in [0.29, 0.717) is 12.1 Å². The Morgan fingerprint density at radius 2 is 1.96 bits per heavy atom. The maximum atomic E-state index is 12.8. The second-order valence-electron chi connectivity index (χ2n) is 7.24. The molecule has 0 spiro atoms. The van der Waals surface area contributed by atoms with Gasteiger partial charge in [0.2, 0.25) is 11.8 Å². The first-order chi connectivity index (χ1) is 13.4. The number of hydrogen-bond acceptors (Lipinski definition) is 3. The summed E-state index contributed by atoms with van der Waals surface area (Å²) < 4.78 is 0. The third-order valence-corrected chi connectivity index (χ3v) is 5.18. The largest absolute Gasteiger partial charge is 0.481 e. The molecule has 28 heavy (non-hydrogen) atoms. The number of carboxylic acid groups (broad SMARTS) is 1. The van der Waals surface area contributed by atoms with Crippen LogP contribution in [0, 0.1) is 12.8 Å². The monoisotopic (exact) mass is 380 g/mol. The van der Waals surface area contributed by atoms with Crippen LogP contribution >= 0.6 is 0 Å². The Balaban J connectivity index is 1.70. The third kappa shape index (κ3) is 4.22. The zero-order chi connectivity index (χ0) is 20.3. The highest BCUT2D eigenvalue weighted by molar-refractivity contribution is 6.02. The lowest BCUT2D eigenvalue weighted by atomic mass is 9.88. The predicted molar refractivity (Wildman–Crippen MR) is 106 cm³/mol. The summed E-state index contributed by atoms with van der Waals surface area (Å²) in [4.78, 5) is 38.2. The van der Waals surface area contributed by atoms with Crippen molar-refractivity contribution in [1.82, 2.24) is 5.32 Å². The van der Waals surface area contributed by atoms with E-state index in [-0.39, 0.29) is 24.8 Å². The fourth-order valence-corrected chi connectivity index (χ4v) is 3.59. The highest BCUT2D eigenvalue weighted by atomic mass is 16.4. The molecule has 6 nitrogen and oxygen atoms in total. The molecule has 0 radical (unpaired) electrons. The van der Waals surface area contributed by atoms with Gasteiger partial charge in [0.05, 0.1) is 11.8 Å². The fraction of sp³-hybridized carbons (Fsp3) is 0.318. The van der Waals surface area contributed by atoms with Crippen molar-refractivity contribution in [2.24, 2.45) is 5.92 Å². The van der Waals surface area contributed by atoms with Crippen LogP contribution in [0.15, 0.2) is 48.5 Å². The van der Waals surface area contributed by atoms with Gasteiger partial charge in [-0.05, 0) is 30.5 Å². The zero-order valence-corrected chi connectivity index (χ0v) is 16.0. The molecule has 2 atom stereocenters.